The maximum absolute atomic E-state index is 12.9. The lowest BCUT2D eigenvalue weighted by molar-refractivity contribution is -0.151. The van der Waals surface area contributed by atoms with Gasteiger partial charge in [-0.2, -0.15) is 0 Å². The van der Waals surface area contributed by atoms with E-state index in [-0.39, 0.29) is 12.8 Å². The standard InChI is InChI=1S/C13H12FNO5/c14-9-3-1-7(2-4-9)8-5-10(12(17)18)15(13(19)20)11(16)6-8/h1-4,8,10H,5-6H2,(H,17,18)(H,19,20)/t8-,10-/m1/s1. The second kappa shape index (κ2) is 5.28. The molecule has 0 bridgehead atoms. The van der Waals surface area contributed by atoms with Crippen LogP contribution in [0, 0.1) is 5.82 Å². The quantitative estimate of drug-likeness (QED) is 0.859. The monoisotopic (exact) mass is 281 g/mol. The SMILES string of the molecule is O=C(O)[C@H]1C[C@@H](c2ccc(F)cc2)CC(=O)N1C(=O)O. The number of hydrogen-bond acceptors (Lipinski definition) is 3. The van der Waals surface area contributed by atoms with Gasteiger partial charge in [0.2, 0.25) is 5.91 Å². The normalized spacial score (nSPS) is 22.6. The summed E-state index contributed by atoms with van der Waals surface area (Å²) in [6.45, 7) is 0. The molecule has 0 unspecified atom stereocenters. The Morgan fingerprint density at radius 1 is 1.20 bits per heavy atom. The zero-order valence-electron chi connectivity index (χ0n) is 10.3. The number of imide groups is 1. The summed E-state index contributed by atoms with van der Waals surface area (Å²) in [7, 11) is 0. The molecule has 106 valence electrons. The summed E-state index contributed by atoms with van der Waals surface area (Å²) < 4.78 is 12.9. The molecule has 0 radical (unpaired) electrons. The number of carbonyl (C=O) groups is 3. The van der Waals surface area contributed by atoms with Gasteiger partial charge in [0, 0.05) is 6.42 Å². The molecule has 0 spiro atoms. The number of carboxylic acid groups (broad SMARTS) is 2. The second-order valence-corrected chi connectivity index (χ2v) is 4.59. The van der Waals surface area contributed by atoms with Crippen molar-refractivity contribution in [3.63, 3.8) is 0 Å². The van der Waals surface area contributed by atoms with E-state index in [1.54, 1.807) is 0 Å². The van der Waals surface area contributed by atoms with Gasteiger partial charge in [0.05, 0.1) is 0 Å². The summed E-state index contributed by atoms with van der Waals surface area (Å²) in [5, 5.41) is 18.0. The van der Waals surface area contributed by atoms with Crippen LogP contribution in [0.3, 0.4) is 0 Å². The van der Waals surface area contributed by atoms with E-state index in [0.29, 0.717) is 10.5 Å². The van der Waals surface area contributed by atoms with Crippen LogP contribution in [0.5, 0.6) is 0 Å². The average molecular weight is 281 g/mol. The lowest BCUT2D eigenvalue weighted by Gasteiger charge is -2.33. The van der Waals surface area contributed by atoms with Crippen molar-refractivity contribution >= 4 is 18.0 Å². The number of rotatable bonds is 2. The molecule has 0 aliphatic carbocycles. The number of aliphatic carboxylic acids is 1. The topological polar surface area (TPSA) is 94.9 Å². The van der Waals surface area contributed by atoms with E-state index >= 15 is 0 Å². The Hall–Kier alpha value is -2.44. The molecule has 1 fully saturated rings. The molecule has 1 aliphatic heterocycles. The van der Waals surface area contributed by atoms with Gasteiger partial charge < -0.3 is 10.2 Å². The summed E-state index contributed by atoms with van der Waals surface area (Å²) >= 11 is 0. The van der Waals surface area contributed by atoms with Crippen LogP contribution in [-0.4, -0.2) is 39.1 Å². The largest absolute Gasteiger partial charge is 0.480 e. The minimum absolute atomic E-state index is 0.0149. The highest BCUT2D eigenvalue weighted by molar-refractivity contribution is 5.97. The van der Waals surface area contributed by atoms with Crippen LogP contribution < -0.4 is 0 Å². The minimum Gasteiger partial charge on any atom is -0.480 e. The van der Waals surface area contributed by atoms with Crippen LogP contribution in [0.1, 0.15) is 24.3 Å². The number of benzene rings is 1. The number of hydrogen-bond donors (Lipinski definition) is 2. The smallest absolute Gasteiger partial charge is 0.414 e. The van der Waals surface area contributed by atoms with Gasteiger partial charge in [0.1, 0.15) is 11.9 Å². The molecule has 2 amide bonds. The third-order valence-electron chi connectivity index (χ3n) is 3.34. The number of carbonyl (C=O) groups excluding carboxylic acids is 1. The van der Waals surface area contributed by atoms with E-state index in [4.69, 9.17) is 10.2 Å². The van der Waals surface area contributed by atoms with Gasteiger partial charge in [0.15, 0.2) is 0 Å². The van der Waals surface area contributed by atoms with Crippen molar-refractivity contribution in [2.75, 3.05) is 0 Å². The lowest BCUT2D eigenvalue weighted by Crippen LogP contribution is -2.52. The molecule has 1 aromatic rings. The fraction of sp³-hybridized carbons (Fsp3) is 0.308. The number of halogens is 1. The van der Waals surface area contributed by atoms with Crippen molar-refractivity contribution in [1.29, 1.82) is 0 Å². The fourth-order valence-electron chi connectivity index (χ4n) is 2.38. The highest BCUT2D eigenvalue weighted by atomic mass is 19.1. The van der Waals surface area contributed by atoms with Crippen molar-refractivity contribution in [3.05, 3.63) is 35.6 Å². The number of likely N-dealkylation sites (tertiary alicyclic amines) is 1. The number of nitrogens with zero attached hydrogens (tertiary/aromatic N) is 1. The van der Waals surface area contributed by atoms with E-state index in [9.17, 15) is 18.8 Å². The molecule has 2 rings (SSSR count). The third-order valence-corrected chi connectivity index (χ3v) is 3.34. The first-order valence-electron chi connectivity index (χ1n) is 5.93. The second-order valence-electron chi connectivity index (χ2n) is 4.59. The molecule has 1 aromatic carbocycles. The van der Waals surface area contributed by atoms with Crippen molar-refractivity contribution in [1.82, 2.24) is 4.90 Å². The fourth-order valence-corrected chi connectivity index (χ4v) is 2.38. The average Bonchev–Trinajstić information content (AvgIpc) is 2.37. The Morgan fingerprint density at radius 3 is 2.30 bits per heavy atom. The Morgan fingerprint density at radius 2 is 1.80 bits per heavy atom. The van der Waals surface area contributed by atoms with Crippen molar-refractivity contribution in [3.8, 4) is 0 Å². The molecule has 1 heterocycles. The lowest BCUT2D eigenvalue weighted by atomic mass is 9.85. The molecular weight excluding hydrogens is 269 g/mol. The predicted molar refractivity (Wildman–Crippen MR) is 64.7 cm³/mol. The Balaban J connectivity index is 2.28. The van der Waals surface area contributed by atoms with Crippen LogP contribution in [-0.2, 0) is 9.59 Å². The summed E-state index contributed by atoms with van der Waals surface area (Å²) in [6.07, 6.45) is -1.69. The molecule has 6 nitrogen and oxygen atoms in total. The summed E-state index contributed by atoms with van der Waals surface area (Å²) in [5.41, 5.74) is 0.621. The molecule has 0 saturated carbocycles. The highest BCUT2D eigenvalue weighted by Crippen LogP contribution is 2.32. The summed E-state index contributed by atoms with van der Waals surface area (Å²) in [5.74, 6) is -2.99. The number of amides is 2. The molecule has 1 aliphatic rings. The zero-order chi connectivity index (χ0) is 14.9. The minimum atomic E-state index is -1.57. The molecule has 2 atom stereocenters. The summed E-state index contributed by atoms with van der Waals surface area (Å²) in [6, 6.07) is 3.98. The van der Waals surface area contributed by atoms with E-state index in [1.165, 1.54) is 24.3 Å². The van der Waals surface area contributed by atoms with Crippen molar-refractivity contribution in [2.24, 2.45) is 0 Å². The third kappa shape index (κ3) is 2.61. The predicted octanol–water partition coefficient (Wildman–Crippen LogP) is 1.66. The van der Waals surface area contributed by atoms with Gasteiger partial charge in [-0.15, -0.1) is 0 Å². The highest BCUT2D eigenvalue weighted by Gasteiger charge is 2.42. The Bertz CT molecular complexity index is 556. The van der Waals surface area contributed by atoms with Crippen molar-refractivity contribution in [2.45, 2.75) is 24.8 Å². The molecule has 0 aromatic heterocycles. The van der Waals surface area contributed by atoms with Crippen LogP contribution >= 0.6 is 0 Å². The number of carboxylic acids is 1. The maximum Gasteiger partial charge on any atom is 0.414 e. The number of piperidine rings is 1. The van der Waals surface area contributed by atoms with E-state index in [0.717, 1.165) is 0 Å². The van der Waals surface area contributed by atoms with E-state index in [1.807, 2.05) is 0 Å². The Labute approximate surface area is 113 Å². The van der Waals surface area contributed by atoms with Crippen molar-refractivity contribution < 1.29 is 29.0 Å². The van der Waals surface area contributed by atoms with E-state index in [2.05, 4.69) is 0 Å². The molecule has 2 N–H and O–H groups in total. The van der Waals surface area contributed by atoms with Crippen LogP contribution in [0.2, 0.25) is 0 Å². The van der Waals surface area contributed by atoms with Gasteiger partial charge in [-0.3, -0.25) is 4.79 Å². The first-order chi connectivity index (χ1) is 9.40. The van der Waals surface area contributed by atoms with Gasteiger partial charge in [0.25, 0.3) is 0 Å². The molecule has 1 saturated heterocycles. The maximum atomic E-state index is 12.9. The molecule has 7 heteroatoms. The van der Waals surface area contributed by atoms with Crippen LogP contribution in [0.15, 0.2) is 24.3 Å². The van der Waals surface area contributed by atoms with Crippen LogP contribution in [0.4, 0.5) is 9.18 Å². The first kappa shape index (κ1) is 14.0. The van der Waals surface area contributed by atoms with E-state index < -0.39 is 35.7 Å². The molecule has 20 heavy (non-hydrogen) atoms. The van der Waals surface area contributed by atoms with Gasteiger partial charge >= 0.3 is 12.1 Å². The van der Waals surface area contributed by atoms with Gasteiger partial charge in [-0.1, -0.05) is 12.1 Å². The summed E-state index contributed by atoms with van der Waals surface area (Å²) in [4.78, 5) is 34.2. The van der Waals surface area contributed by atoms with Gasteiger partial charge in [-0.05, 0) is 30.0 Å². The van der Waals surface area contributed by atoms with Gasteiger partial charge in [-0.25, -0.2) is 18.9 Å². The molecular formula is C13H12FNO5. The first-order valence-corrected chi connectivity index (χ1v) is 5.93. The van der Waals surface area contributed by atoms with Crippen LogP contribution in [0.25, 0.3) is 0 Å². The zero-order valence-corrected chi connectivity index (χ0v) is 10.3. The Kier molecular flexibility index (Phi) is 3.69.